The van der Waals surface area contributed by atoms with Crippen LogP contribution in [0.1, 0.15) is 38.2 Å². The summed E-state index contributed by atoms with van der Waals surface area (Å²) in [5.41, 5.74) is 0.357. The molecule has 0 unspecified atom stereocenters. The summed E-state index contributed by atoms with van der Waals surface area (Å²) in [6.07, 6.45) is 4.49. The molecule has 0 saturated heterocycles. The quantitative estimate of drug-likeness (QED) is 0.558. The largest absolute Gasteiger partial charge is 0.497 e. The first kappa shape index (κ1) is 20.9. The average Bonchev–Trinajstić information content (AvgIpc) is 2.73. The number of carbonyl (C=O) groups excluding carboxylic acids is 1. The van der Waals surface area contributed by atoms with E-state index in [0.717, 1.165) is 31.0 Å². The number of hydrogen-bond donors (Lipinski definition) is 2. The number of amides is 1. The number of benzene rings is 1. The molecule has 0 spiro atoms. The fraction of sp³-hybridized carbons (Fsp3) is 0.429. The van der Waals surface area contributed by atoms with Crippen molar-refractivity contribution in [1.82, 2.24) is 15.3 Å². The molecule has 1 fully saturated rings. The number of carbonyl (C=O) groups is 1. The molecule has 1 aliphatic rings. The zero-order valence-electron chi connectivity index (χ0n) is 16.5. The van der Waals surface area contributed by atoms with E-state index in [9.17, 15) is 14.9 Å². The van der Waals surface area contributed by atoms with E-state index in [2.05, 4.69) is 22.2 Å². The summed E-state index contributed by atoms with van der Waals surface area (Å²) in [5.74, 6) is 1.22. The second-order valence-electron chi connectivity index (χ2n) is 7.16. The fourth-order valence-electron chi connectivity index (χ4n) is 3.50. The standard InChI is InChI=1S/C21H24N4O3S/c1-13-5-3-4-6-17(13)23-18(26)12-29-21-24-19(16(11-22)20(27)25-21)14-7-9-15(28-2)10-8-14/h7-10,13,17H,3-6,12H2,1-2H3,(H,23,26)(H,24,25,27)/t13-,17-/m1/s1. The number of nitrogens with one attached hydrogen (secondary N) is 2. The average molecular weight is 413 g/mol. The minimum Gasteiger partial charge on any atom is -0.497 e. The van der Waals surface area contributed by atoms with Crippen molar-refractivity contribution in [3.8, 4) is 23.1 Å². The third-order valence-electron chi connectivity index (χ3n) is 5.17. The lowest BCUT2D eigenvalue weighted by atomic mass is 9.86. The van der Waals surface area contributed by atoms with Crippen LogP contribution in [0.5, 0.6) is 5.75 Å². The molecule has 152 valence electrons. The van der Waals surface area contributed by atoms with Crippen molar-refractivity contribution >= 4 is 17.7 Å². The highest BCUT2D eigenvalue weighted by atomic mass is 32.2. The Morgan fingerprint density at radius 3 is 2.72 bits per heavy atom. The predicted molar refractivity (Wildman–Crippen MR) is 112 cm³/mol. The van der Waals surface area contributed by atoms with Gasteiger partial charge in [0.15, 0.2) is 5.16 Å². The van der Waals surface area contributed by atoms with Gasteiger partial charge in [0.25, 0.3) is 5.56 Å². The number of H-pyrrole nitrogens is 1. The van der Waals surface area contributed by atoms with Crippen molar-refractivity contribution in [3.63, 3.8) is 0 Å². The van der Waals surface area contributed by atoms with Crippen molar-refractivity contribution in [1.29, 1.82) is 5.26 Å². The monoisotopic (exact) mass is 412 g/mol. The molecule has 1 aliphatic carbocycles. The molecule has 0 aliphatic heterocycles. The minimum absolute atomic E-state index is 0.0556. The van der Waals surface area contributed by atoms with Gasteiger partial charge in [-0.3, -0.25) is 9.59 Å². The molecule has 29 heavy (non-hydrogen) atoms. The molecule has 0 radical (unpaired) electrons. The summed E-state index contributed by atoms with van der Waals surface area (Å²) in [5, 5.41) is 12.8. The number of thioether (sulfide) groups is 1. The van der Waals surface area contributed by atoms with Gasteiger partial charge in [-0.05, 0) is 43.0 Å². The highest BCUT2D eigenvalue weighted by Gasteiger charge is 2.23. The van der Waals surface area contributed by atoms with E-state index in [1.54, 1.807) is 31.4 Å². The lowest BCUT2D eigenvalue weighted by Crippen LogP contribution is -2.41. The summed E-state index contributed by atoms with van der Waals surface area (Å²) >= 11 is 1.16. The van der Waals surface area contributed by atoms with Gasteiger partial charge in [0, 0.05) is 11.6 Å². The molecule has 1 heterocycles. The number of ether oxygens (including phenoxy) is 1. The van der Waals surface area contributed by atoms with E-state index in [4.69, 9.17) is 4.74 Å². The van der Waals surface area contributed by atoms with Gasteiger partial charge in [-0.15, -0.1) is 0 Å². The van der Waals surface area contributed by atoms with Gasteiger partial charge in [-0.2, -0.15) is 5.26 Å². The van der Waals surface area contributed by atoms with Crippen LogP contribution in [0.4, 0.5) is 0 Å². The van der Waals surface area contributed by atoms with Crippen LogP contribution in [0.2, 0.25) is 0 Å². The number of aromatic nitrogens is 2. The maximum atomic E-state index is 12.3. The summed E-state index contributed by atoms with van der Waals surface area (Å²) in [6.45, 7) is 2.16. The van der Waals surface area contributed by atoms with Crippen LogP contribution in [-0.4, -0.2) is 34.8 Å². The number of rotatable bonds is 6. The van der Waals surface area contributed by atoms with Gasteiger partial charge in [0.1, 0.15) is 17.4 Å². The molecular weight excluding hydrogens is 388 g/mol. The SMILES string of the molecule is COc1ccc(-c2nc(SCC(=O)N[C@@H]3CCCC[C@H]3C)[nH]c(=O)c2C#N)cc1. The van der Waals surface area contributed by atoms with Crippen LogP contribution in [0.25, 0.3) is 11.3 Å². The number of methoxy groups -OCH3 is 1. The zero-order valence-corrected chi connectivity index (χ0v) is 17.3. The Bertz CT molecular complexity index is 965. The highest BCUT2D eigenvalue weighted by Crippen LogP contribution is 2.25. The van der Waals surface area contributed by atoms with Crippen LogP contribution in [0.15, 0.2) is 34.2 Å². The molecule has 1 saturated carbocycles. The van der Waals surface area contributed by atoms with Crippen molar-refractivity contribution in [2.45, 2.75) is 43.8 Å². The van der Waals surface area contributed by atoms with Gasteiger partial charge in [0.05, 0.1) is 18.6 Å². The van der Waals surface area contributed by atoms with Crippen molar-refractivity contribution in [3.05, 3.63) is 40.2 Å². The molecule has 7 nitrogen and oxygen atoms in total. The molecule has 1 aromatic carbocycles. The molecular formula is C21H24N4O3S. The van der Waals surface area contributed by atoms with Crippen molar-refractivity contribution < 1.29 is 9.53 Å². The maximum absolute atomic E-state index is 12.3. The van der Waals surface area contributed by atoms with Gasteiger partial charge in [-0.1, -0.05) is 31.5 Å². The summed E-state index contributed by atoms with van der Waals surface area (Å²) < 4.78 is 5.14. The number of nitriles is 1. The van der Waals surface area contributed by atoms with Gasteiger partial charge in [0.2, 0.25) is 5.91 Å². The normalized spacial score (nSPS) is 18.7. The molecule has 1 amide bonds. The molecule has 1 aromatic heterocycles. The van der Waals surface area contributed by atoms with Gasteiger partial charge >= 0.3 is 0 Å². The molecule has 2 aromatic rings. The molecule has 3 rings (SSSR count). The lowest BCUT2D eigenvalue weighted by molar-refractivity contribution is -0.119. The number of nitrogens with zero attached hydrogens (tertiary/aromatic N) is 2. The Morgan fingerprint density at radius 1 is 1.34 bits per heavy atom. The molecule has 0 bridgehead atoms. The van der Waals surface area contributed by atoms with Crippen molar-refractivity contribution in [2.24, 2.45) is 5.92 Å². The van der Waals surface area contributed by atoms with E-state index >= 15 is 0 Å². The Labute approximate surface area is 173 Å². The zero-order chi connectivity index (χ0) is 20.8. The van der Waals surface area contributed by atoms with E-state index < -0.39 is 5.56 Å². The third kappa shape index (κ3) is 5.18. The van der Waals surface area contributed by atoms with Gasteiger partial charge < -0.3 is 15.0 Å². The topological polar surface area (TPSA) is 108 Å². The molecule has 8 heteroatoms. The lowest BCUT2D eigenvalue weighted by Gasteiger charge is -2.29. The fourth-order valence-corrected chi connectivity index (χ4v) is 4.17. The summed E-state index contributed by atoms with van der Waals surface area (Å²) in [7, 11) is 1.56. The molecule has 2 atom stereocenters. The first-order valence-corrected chi connectivity index (χ1v) is 10.6. The van der Waals surface area contributed by atoms with Crippen LogP contribution in [-0.2, 0) is 4.79 Å². The first-order valence-electron chi connectivity index (χ1n) is 9.63. The Hall–Kier alpha value is -2.79. The Morgan fingerprint density at radius 2 is 2.07 bits per heavy atom. The predicted octanol–water partition coefficient (Wildman–Crippen LogP) is 3.10. The van der Waals surface area contributed by atoms with Crippen molar-refractivity contribution in [2.75, 3.05) is 12.9 Å². The first-order chi connectivity index (χ1) is 14.0. The van der Waals surface area contributed by atoms with Crippen LogP contribution in [0, 0.1) is 17.2 Å². The Balaban J connectivity index is 1.74. The van der Waals surface area contributed by atoms with E-state index in [-0.39, 0.29) is 23.3 Å². The second-order valence-corrected chi connectivity index (χ2v) is 8.12. The minimum atomic E-state index is -0.517. The number of hydrogen-bond acceptors (Lipinski definition) is 6. The Kier molecular flexibility index (Phi) is 6.94. The highest BCUT2D eigenvalue weighted by molar-refractivity contribution is 7.99. The van der Waals surface area contributed by atoms with E-state index in [1.807, 2.05) is 6.07 Å². The second kappa shape index (κ2) is 9.61. The van der Waals surface area contributed by atoms with E-state index in [0.29, 0.717) is 28.1 Å². The molecule has 2 N–H and O–H groups in total. The van der Waals surface area contributed by atoms with Gasteiger partial charge in [-0.25, -0.2) is 4.98 Å². The van der Waals surface area contributed by atoms with Crippen LogP contribution < -0.4 is 15.6 Å². The smallest absolute Gasteiger partial charge is 0.270 e. The number of aromatic amines is 1. The van der Waals surface area contributed by atoms with Crippen LogP contribution >= 0.6 is 11.8 Å². The maximum Gasteiger partial charge on any atom is 0.270 e. The third-order valence-corrected chi connectivity index (χ3v) is 6.04. The summed E-state index contributed by atoms with van der Waals surface area (Å²) in [4.78, 5) is 31.7. The summed E-state index contributed by atoms with van der Waals surface area (Å²) in [6, 6.07) is 9.09. The van der Waals surface area contributed by atoms with Crippen LogP contribution in [0.3, 0.4) is 0 Å². The van der Waals surface area contributed by atoms with E-state index in [1.165, 1.54) is 6.42 Å².